The van der Waals surface area contributed by atoms with Crippen molar-refractivity contribution in [1.82, 2.24) is 0 Å². The van der Waals surface area contributed by atoms with Gasteiger partial charge < -0.3 is 23.8 Å². The van der Waals surface area contributed by atoms with Crippen LogP contribution in [0.5, 0.6) is 0 Å². The van der Waals surface area contributed by atoms with Gasteiger partial charge in [-0.15, -0.1) is 0 Å². The first kappa shape index (κ1) is 32.2. The fraction of sp³-hybridized carbons (Fsp3) is 0.680. The molecule has 0 bridgehead atoms. The Labute approximate surface area is 214 Å². The Morgan fingerprint density at radius 2 is 1.44 bits per heavy atom. The van der Waals surface area contributed by atoms with Crippen LogP contribution in [0.2, 0.25) is 0 Å². The molecule has 2 unspecified atom stereocenters. The maximum Gasteiger partial charge on any atom is 0.474 e. The first-order chi connectivity index (χ1) is 16.8. The summed E-state index contributed by atoms with van der Waals surface area (Å²) in [5.41, 5.74) is 3.63. The molecule has 1 heterocycles. The van der Waals surface area contributed by atoms with Crippen LogP contribution in [0.4, 0.5) is 0 Å². The highest BCUT2D eigenvalue weighted by molar-refractivity contribution is 7.47. The minimum absolute atomic E-state index is 0.0308. The smallest absolute Gasteiger partial charge is 0.455 e. The van der Waals surface area contributed by atoms with Crippen molar-refractivity contribution < 1.29 is 47.0 Å². The third-order valence-electron chi connectivity index (χ3n) is 5.23. The molecule has 0 spiro atoms. The molecule has 0 aromatic rings. The Kier molecular flexibility index (Phi) is 14.4. The van der Waals surface area contributed by atoms with E-state index in [0.29, 0.717) is 0 Å². The molecule has 1 aliphatic heterocycles. The molecule has 36 heavy (non-hydrogen) atoms. The van der Waals surface area contributed by atoms with E-state index in [0.717, 1.165) is 38.2 Å². The van der Waals surface area contributed by atoms with Crippen LogP contribution in [0.3, 0.4) is 0 Å². The van der Waals surface area contributed by atoms with Crippen molar-refractivity contribution in [3.63, 3.8) is 0 Å². The van der Waals surface area contributed by atoms with Crippen LogP contribution in [0, 0.1) is 0 Å². The number of ether oxygens (including phenoxy) is 4. The predicted octanol–water partition coefficient (Wildman–Crippen LogP) is 4.77. The molecule has 1 fully saturated rings. The second-order valence-corrected chi connectivity index (χ2v) is 10.4. The van der Waals surface area contributed by atoms with E-state index in [1.807, 2.05) is 6.92 Å². The molecule has 10 nitrogen and oxygen atoms in total. The van der Waals surface area contributed by atoms with Gasteiger partial charge in [0, 0.05) is 21.0 Å². The summed E-state index contributed by atoms with van der Waals surface area (Å²) in [4.78, 5) is 33.3. The minimum atomic E-state index is -4.61. The monoisotopic (exact) mass is 532 g/mol. The van der Waals surface area contributed by atoms with E-state index >= 15 is 0 Å². The van der Waals surface area contributed by atoms with Crippen molar-refractivity contribution in [1.29, 1.82) is 0 Å². The van der Waals surface area contributed by atoms with Crippen LogP contribution in [-0.2, 0) is 42.1 Å². The summed E-state index contributed by atoms with van der Waals surface area (Å²) in [6.45, 7) is 10.3. The molecule has 1 saturated heterocycles. The summed E-state index contributed by atoms with van der Waals surface area (Å²) in [5.74, 6) is -1.36. The van der Waals surface area contributed by atoms with Gasteiger partial charge in [0.05, 0.1) is 13.2 Å². The summed E-state index contributed by atoms with van der Waals surface area (Å²) >= 11 is 0. The van der Waals surface area contributed by atoms with Crippen LogP contribution >= 0.6 is 7.82 Å². The highest BCUT2D eigenvalue weighted by Gasteiger charge is 2.52. The Bertz CT molecular complexity index is 859. The molecule has 0 aromatic heterocycles. The summed E-state index contributed by atoms with van der Waals surface area (Å²) in [5, 5.41) is 0. The fourth-order valence-electron chi connectivity index (χ4n) is 3.50. The lowest BCUT2D eigenvalue weighted by atomic mass is 10.1. The molecule has 5 atom stereocenters. The maximum absolute atomic E-state index is 12.5. The molecule has 11 heteroatoms. The molecular formula is C25H41O10P. The number of esters is 2. The molecule has 0 radical (unpaired) electrons. The van der Waals surface area contributed by atoms with E-state index in [1.165, 1.54) is 25.2 Å². The third-order valence-corrected chi connectivity index (χ3v) is 6.18. The van der Waals surface area contributed by atoms with Gasteiger partial charge in [0.15, 0.2) is 12.2 Å². The first-order valence-corrected chi connectivity index (χ1v) is 13.4. The number of carbonyl (C=O) groups excluding carboxylic acids is 2. The zero-order valence-electron chi connectivity index (χ0n) is 22.4. The molecule has 0 saturated carbocycles. The lowest BCUT2D eigenvalue weighted by molar-refractivity contribution is -0.172. The normalized spacial score (nSPS) is 24.2. The highest BCUT2D eigenvalue weighted by Crippen LogP contribution is 2.47. The van der Waals surface area contributed by atoms with Crippen LogP contribution in [0.25, 0.3) is 0 Å². The molecular weight excluding hydrogens is 491 g/mol. The molecule has 206 valence electrons. The number of methoxy groups -OCH3 is 1. The van der Waals surface area contributed by atoms with Gasteiger partial charge in [-0.3, -0.25) is 18.6 Å². The second kappa shape index (κ2) is 16.1. The third kappa shape index (κ3) is 12.9. The van der Waals surface area contributed by atoms with E-state index in [4.69, 9.17) is 28.0 Å². The predicted molar refractivity (Wildman–Crippen MR) is 134 cm³/mol. The highest BCUT2D eigenvalue weighted by atomic mass is 31.2. The van der Waals surface area contributed by atoms with Crippen molar-refractivity contribution in [2.24, 2.45) is 0 Å². The van der Waals surface area contributed by atoms with Gasteiger partial charge in [0.1, 0.15) is 6.10 Å². The average Bonchev–Trinajstić information content (AvgIpc) is 3.02. The number of phosphoric ester groups is 1. The number of rotatable bonds is 15. The maximum atomic E-state index is 12.5. The van der Waals surface area contributed by atoms with Gasteiger partial charge in [-0.25, -0.2) is 4.57 Å². The number of phosphoric acid groups is 1. The zero-order chi connectivity index (χ0) is 27.3. The summed E-state index contributed by atoms with van der Waals surface area (Å²) in [6, 6.07) is 0. The topological polar surface area (TPSA) is 127 Å². The molecule has 0 aliphatic carbocycles. The lowest BCUT2D eigenvalue weighted by Crippen LogP contribution is -2.41. The fourth-order valence-corrected chi connectivity index (χ4v) is 4.26. The number of hydrogen-bond donors (Lipinski definition) is 1. The Morgan fingerprint density at radius 1 is 0.889 bits per heavy atom. The Hall–Kier alpha value is -1.81. The largest absolute Gasteiger partial charge is 0.474 e. The van der Waals surface area contributed by atoms with E-state index in [2.05, 4.69) is 32.9 Å². The SMILES string of the molecule is COC[C@H]1OC(OP(=O)(O)OC/C=C(\C)CC/C=C(\C)CCC=C(C)C)[C@@H](OC(C)=O)[C@@H]1OC(C)=O. The summed E-state index contributed by atoms with van der Waals surface area (Å²) in [6.07, 6.45) is 5.04. The molecule has 1 rings (SSSR count). The van der Waals surface area contributed by atoms with Crippen molar-refractivity contribution >= 4 is 19.8 Å². The van der Waals surface area contributed by atoms with E-state index in [9.17, 15) is 19.0 Å². The van der Waals surface area contributed by atoms with Crippen LogP contribution in [-0.4, -0.2) is 61.8 Å². The standard InChI is InChI=1S/C25H41O10P/c1-17(2)10-8-11-18(3)12-9-13-19(4)14-15-31-36(28,29)35-25-24(33-21(6)27)23(32-20(5)26)22(34-25)16-30-7/h10,12,14,22-25H,8-9,11,13,15-16H2,1-7H3,(H,28,29)/b18-12+,19-14+/t22-,23-,24+,25?/m1/s1. The van der Waals surface area contributed by atoms with E-state index < -0.39 is 44.4 Å². The minimum Gasteiger partial charge on any atom is -0.455 e. The van der Waals surface area contributed by atoms with Gasteiger partial charge in [-0.1, -0.05) is 34.9 Å². The number of hydrogen-bond acceptors (Lipinski definition) is 9. The number of allylic oxidation sites excluding steroid dienone is 5. The van der Waals surface area contributed by atoms with Gasteiger partial charge in [0.2, 0.25) is 6.29 Å². The average molecular weight is 533 g/mol. The second-order valence-electron chi connectivity index (χ2n) is 8.98. The van der Waals surface area contributed by atoms with Crippen LogP contribution < -0.4 is 0 Å². The number of carbonyl (C=O) groups is 2. The molecule has 0 aromatic carbocycles. The van der Waals surface area contributed by atoms with Crippen molar-refractivity contribution in [3.05, 3.63) is 34.9 Å². The van der Waals surface area contributed by atoms with Gasteiger partial charge in [0.25, 0.3) is 0 Å². The van der Waals surface area contributed by atoms with Gasteiger partial charge in [-0.05, 0) is 53.4 Å². The van der Waals surface area contributed by atoms with E-state index in [1.54, 1.807) is 6.08 Å². The van der Waals surface area contributed by atoms with Gasteiger partial charge >= 0.3 is 19.8 Å². The van der Waals surface area contributed by atoms with Crippen molar-refractivity contribution in [2.45, 2.75) is 91.8 Å². The lowest BCUT2D eigenvalue weighted by Gasteiger charge is -2.23. The van der Waals surface area contributed by atoms with Crippen LogP contribution in [0.15, 0.2) is 34.9 Å². The van der Waals surface area contributed by atoms with Crippen molar-refractivity contribution in [3.8, 4) is 0 Å². The first-order valence-electron chi connectivity index (χ1n) is 11.9. The van der Waals surface area contributed by atoms with Crippen LogP contribution in [0.1, 0.15) is 67.2 Å². The van der Waals surface area contributed by atoms with Crippen molar-refractivity contribution in [2.75, 3.05) is 20.3 Å². The summed E-state index contributed by atoms with van der Waals surface area (Å²) in [7, 11) is -3.20. The Balaban J connectivity index is 2.68. The van der Waals surface area contributed by atoms with Gasteiger partial charge in [-0.2, -0.15) is 0 Å². The Morgan fingerprint density at radius 3 is 2.00 bits per heavy atom. The molecule has 1 aliphatic rings. The zero-order valence-corrected chi connectivity index (χ0v) is 23.2. The molecule has 0 amide bonds. The molecule has 1 N–H and O–H groups in total. The quantitative estimate of drug-likeness (QED) is 0.179. The summed E-state index contributed by atoms with van der Waals surface area (Å²) < 4.78 is 43.7. The van der Waals surface area contributed by atoms with E-state index in [-0.39, 0.29) is 13.2 Å².